The minimum Gasteiger partial charge on any atom is -0.377 e. The third kappa shape index (κ3) is 2.62. The van der Waals surface area contributed by atoms with E-state index in [4.69, 9.17) is 9.47 Å². The Kier molecular flexibility index (Phi) is 3.95. The second kappa shape index (κ2) is 5.25. The zero-order valence-corrected chi connectivity index (χ0v) is 9.98. The molecule has 2 aliphatic rings. The lowest BCUT2D eigenvalue weighted by Gasteiger charge is -2.37. The topological polar surface area (TPSA) is 38.8 Å². The summed E-state index contributed by atoms with van der Waals surface area (Å²) < 4.78 is 10.9. The molecule has 0 spiro atoms. The first-order chi connectivity index (χ1) is 7.78. The molecule has 4 nitrogen and oxygen atoms in total. The van der Waals surface area contributed by atoms with Crippen molar-refractivity contribution >= 4 is 6.29 Å². The Morgan fingerprint density at radius 2 is 2.25 bits per heavy atom. The Hall–Kier alpha value is -0.450. The molecule has 0 unspecified atom stereocenters. The third-order valence-electron chi connectivity index (χ3n) is 3.81. The number of aldehydes is 1. The van der Waals surface area contributed by atoms with Gasteiger partial charge in [-0.1, -0.05) is 0 Å². The van der Waals surface area contributed by atoms with Crippen LogP contribution in [0.25, 0.3) is 0 Å². The van der Waals surface area contributed by atoms with Crippen molar-refractivity contribution in [3.63, 3.8) is 0 Å². The van der Waals surface area contributed by atoms with Gasteiger partial charge in [-0.25, -0.2) is 0 Å². The summed E-state index contributed by atoms with van der Waals surface area (Å²) in [5.41, 5.74) is -0.521. The van der Waals surface area contributed by atoms with Crippen molar-refractivity contribution in [2.24, 2.45) is 0 Å². The molecule has 4 heteroatoms. The average Bonchev–Trinajstić information content (AvgIpc) is 2.83. The van der Waals surface area contributed by atoms with Crippen LogP contribution in [-0.4, -0.2) is 56.2 Å². The first-order valence-electron chi connectivity index (χ1n) is 6.13. The molecular weight excluding hydrogens is 206 g/mol. The van der Waals surface area contributed by atoms with E-state index in [1.54, 1.807) is 7.11 Å². The zero-order chi connectivity index (χ0) is 11.4. The lowest BCUT2D eigenvalue weighted by Crippen LogP contribution is -2.48. The molecule has 1 atom stereocenters. The Balaban J connectivity index is 1.78. The molecule has 0 aromatic heterocycles. The van der Waals surface area contributed by atoms with Gasteiger partial charge >= 0.3 is 0 Å². The number of hydrogen-bond donors (Lipinski definition) is 0. The largest absolute Gasteiger partial charge is 0.377 e. The quantitative estimate of drug-likeness (QED) is 0.667. The SMILES string of the molecule is COC1(C=O)CCN(C[C@@H]2CCCO2)CC1. The standard InChI is InChI=1S/C12H21NO3/c1-15-12(10-14)4-6-13(7-5-12)9-11-3-2-8-16-11/h10-11H,2-9H2,1H3/t11-/m0/s1. The second-order valence-electron chi connectivity index (χ2n) is 4.82. The minimum absolute atomic E-state index is 0.409. The van der Waals surface area contributed by atoms with Gasteiger partial charge < -0.3 is 19.2 Å². The van der Waals surface area contributed by atoms with E-state index in [1.165, 1.54) is 12.8 Å². The number of rotatable bonds is 4. The summed E-state index contributed by atoms with van der Waals surface area (Å²) in [6, 6.07) is 0. The van der Waals surface area contributed by atoms with Gasteiger partial charge in [-0.05, 0) is 25.7 Å². The van der Waals surface area contributed by atoms with Gasteiger partial charge in [-0.3, -0.25) is 0 Å². The molecule has 0 amide bonds. The summed E-state index contributed by atoms with van der Waals surface area (Å²) in [7, 11) is 1.63. The Bertz CT molecular complexity index is 230. The van der Waals surface area contributed by atoms with Crippen molar-refractivity contribution in [2.45, 2.75) is 37.4 Å². The third-order valence-corrected chi connectivity index (χ3v) is 3.81. The van der Waals surface area contributed by atoms with Gasteiger partial charge in [0.1, 0.15) is 5.60 Å². The van der Waals surface area contributed by atoms with E-state index in [9.17, 15) is 4.79 Å². The van der Waals surface area contributed by atoms with Crippen LogP contribution in [0.5, 0.6) is 0 Å². The maximum Gasteiger partial charge on any atom is 0.151 e. The molecule has 2 heterocycles. The summed E-state index contributed by atoms with van der Waals surface area (Å²) in [5.74, 6) is 0. The highest BCUT2D eigenvalue weighted by Crippen LogP contribution is 2.24. The summed E-state index contributed by atoms with van der Waals surface area (Å²) >= 11 is 0. The first kappa shape index (κ1) is 12.0. The first-order valence-corrected chi connectivity index (χ1v) is 6.13. The van der Waals surface area contributed by atoms with Crippen LogP contribution in [0.2, 0.25) is 0 Å². The number of ether oxygens (including phenoxy) is 2. The predicted molar refractivity (Wildman–Crippen MR) is 60.5 cm³/mol. The van der Waals surface area contributed by atoms with Crippen LogP contribution in [0.4, 0.5) is 0 Å². The highest BCUT2D eigenvalue weighted by molar-refractivity contribution is 5.62. The molecule has 0 aromatic carbocycles. The fraction of sp³-hybridized carbons (Fsp3) is 0.917. The van der Waals surface area contributed by atoms with Gasteiger partial charge in [-0.15, -0.1) is 0 Å². The van der Waals surface area contributed by atoms with Crippen LogP contribution in [0.3, 0.4) is 0 Å². The molecule has 92 valence electrons. The molecular formula is C12H21NO3. The smallest absolute Gasteiger partial charge is 0.151 e. The summed E-state index contributed by atoms with van der Waals surface area (Å²) in [6.45, 7) is 3.80. The van der Waals surface area contributed by atoms with Crippen LogP contribution in [0, 0.1) is 0 Å². The number of piperidine rings is 1. The summed E-state index contributed by atoms with van der Waals surface area (Å²) in [4.78, 5) is 13.4. The lowest BCUT2D eigenvalue weighted by atomic mass is 9.92. The number of carbonyl (C=O) groups excluding carboxylic acids is 1. The molecule has 2 rings (SSSR count). The van der Waals surface area contributed by atoms with E-state index in [2.05, 4.69) is 4.90 Å². The Labute approximate surface area is 96.9 Å². The highest BCUT2D eigenvalue weighted by atomic mass is 16.5. The van der Waals surface area contributed by atoms with Crippen molar-refractivity contribution in [3.05, 3.63) is 0 Å². The van der Waals surface area contributed by atoms with Crippen LogP contribution >= 0.6 is 0 Å². The molecule has 0 aliphatic carbocycles. The van der Waals surface area contributed by atoms with Crippen LogP contribution in [0.1, 0.15) is 25.7 Å². The fourth-order valence-electron chi connectivity index (χ4n) is 2.56. The minimum atomic E-state index is -0.521. The molecule has 16 heavy (non-hydrogen) atoms. The fourth-order valence-corrected chi connectivity index (χ4v) is 2.56. The van der Waals surface area contributed by atoms with Crippen LogP contribution in [0.15, 0.2) is 0 Å². The van der Waals surface area contributed by atoms with E-state index in [1.807, 2.05) is 0 Å². The number of methoxy groups -OCH3 is 1. The Morgan fingerprint density at radius 1 is 1.50 bits per heavy atom. The number of likely N-dealkylation sites (tertiary alicyclic amines) is 1. The predicted octanol–water partition coefficient (Wildman–Crippen LogP) is 0.845. The van der Waals surface area contributed by atoms with Gasteiger partial charge in [0.2, 0.25) is 0 Å². The monoisotopic (exact) mass is 227 g/mol. The van der Waals surface area contributed by atoms with Gasteiger partial charge in [0.05, 0.1) is 6.10 Å². The number of hydrogen-bond acceptors (Lipinski definition) is 4. The van der Waals surface area contributed by atoms with E-state index >= 15 is 0 Å². The molecule has 2 aliphatic heterocycles. The zero-order valence-electron chi connectivity index (χ0n) is 9.98. The van der Waals surface area contributed by atoms with Crippen molar-refractivity contribution in [3.8, 4) is 0 Å². The van der Waals surface area contributed by atoms with Crippen molar-refractivity contribution in [1.82, 2.24) is 4.90 Å². The summed E-state index contributed by atoms with van der Waals surface area (Å²) in [6.07, 6.45) is 5.36. The molecule has 0 aromatic rings. The van der Waals surface area contributed by atoms with Gasteiger partial charge in [0, 0.05) is 33.4 Å². The lowest BCUT2D eigenvalue weighted by molar-refractivity contribution is -0.133. The Morgan fingerprint density at radius 3 is 2.75 bits per heavy atom. The van der Waals surface area contributed by atoms with E-state index in [-0.39, 0.29) is 0 Å². The molecule has 2 saturated heterocycles. The van der Waals surface area contributed by atoms with E-state index in [0.717, 1.165) is 45.4 Å². The number of carbonyl (C=O) groups is 1. The maximum atomic E-state index is 11.0. The average molecular weight is 227 g/mol. The van der Waals surface area contributed by atoms with Crippen LogP contribution in [-0.2, 0) is 14.3 Å². The number of nitrogens with zero attached hydrogens (tertiary/aromatic N) is 1. The van der Waals surface area contributed by atoms with Crippen molar-refractivity contribution < 1.29 is 14.3 Å². The highest BCUT2D eigenvalue weighted by Gasteiger charge is 2.35. The van der Waals surface area contributed by atoms with Crippen LogP contribution < -0.4 is 0 Å². The molecule has 0 bridgehead atoms. The maximum absolute atomic E-state index is 11.0. The van der Waals surface area contributed by atoms with Gasteiger partial charge in [0.25, 0.3) is 0 Å². The normalized spacial score (nSPS) is 30.4. The van der Waals surface area contributed by atoms with Crippen molar-refractivity contribution in [1.29, 1.82) is 0 Å². The van der Waals surface area contributed by atoms with Gasteiger partial charge in [0.15, 0.2) is 6.29 Å². The van der Waals surface area contributed by atoms with E-state index < -0.39 is 5.60 Å². The van der Waals surface area contributed by atoms with Gasteiger partial charge in [-0.2, -0.15) is 0 Å². The van der Waals surface area contributed by atoms with Crippen molar-refractivity contribution in [2.75, 3.05) is 33.4 Å². The molecule has 0 N–H and O–H groups in total. The van der Waals surface area contributed by atoms with E-state index in [0.29, 0.717) is 6.10 Å². The molecule has 0 radical (unpaired) electrons. The molecule has 0 saturated carbocycles. The second-order valence-corrected chi connectivity index (χ2v) is 4.82. The summed E-state index contributed by atoms with van der Waals surface area (Å²) in [5, 5.41) is 0. The molecule has 2 fully saturated rings.